The van der Waals surface area contributed by atoms with Crippen LogP contribution < -0.4 is 0 Å². The fourth-order valence-corrected chi connectivity index (χ4v) is 3.92. The van der Waals surface area contributed by atoms with Crippen LogP contribution in [-0.2, 0) is 16.1 Å². The highest BCUT2D eigenvalue weighted by Crippen LogP contribution is 2.35. The third kappa shape index (κ3) is 3.80. The predicted octanol–water partition coefficient (Wildman–Crippen LogP) is 5.07. The number of methoxy groups -OCH3 is 1. The Kier molecular flexibility index (Phi) is 5.79. The van der Waals surface area contributed by atoms with Crippen LogP contribution in [0.2, 0.25) is 5.02 Å². The van der Waals surface area contributed by atoms with E-state index in [0.29, 0.717) is 47.1 Å². The third-order valence-corrected chi connectivity index (χ3v) is 5.33. The largest absolute Gasteiger partial charge is 0.378 e. The molecule has 0 radical (unpaired) electrons. The molecule has 0 amide bonds. The molecule has 1 aliphatic rings. The first-order valence-corrected chi connectivity index (χ1v) is 10.0. The van der Waals surface area contributed by atoms with Gasteiger partial charge < -0.3 is 9.53 Å². The van der Waals surface area contributed by atoms with Crippen LogP contribution in [-0.4, -0.2) is 28.2 Å². The van der Waals surface area contributed by atoms with Gasteiger partial charge in [-0.1, -0.05) is 23.7 Å². The molecule has 0 N–H and O–H groups in total. The molecule has 2 heterocycles. The highest BCUT2D eigenvalue weighted by Gasteiger charge is 2.29. The minimum Gasteiger partial charge on any atom is -0.378 e. The van der Waals surface area contributed by atoms with Gasteiger partial charge in [0.15, 0.2) is 0 Å². The van der Waals surface area contributed by atoms with E-state index >= 15 is 0 Å². The second-order valence-electron chi connectivity index (χ2n) is 7.25. The van der Waals surface area contributed by atoms with Crippen molar-refractivity contribution in [1.29, 1.82) is 0 Å². The molecule has 0 fully saturated rings. The van der Waals surface area contributed by atoms with Crippen molar-refractivity contribution in [2.75, 3.05) is 7.11 Å². The Morgan fingerprint density at radius 2 is 2.03 bits per heavy atom. The summed E-state index contributed by atoms with van der Waals surface area (Å²) in [4.78, 5) is 21.2. The van der Waals surface area contributed by atoms with E-state index in [1.807, 2.05) is 10.6 Å². The monoisotopic (exact) mass is 425 g/mol. The molecule has 1 aromatic heterocycles. The average molecular weight is 426 g/mol. The van der Waals surface area contributed by atoms with Crippen LogP contribution in [0.25, 0.3) is 5.69 Å². The number of aliphatic imine (C=N–C) groups is 1. The lowest BCUT2D eigenvalue weighted by Gasteiger charge is -2.15. The highest BCUT2D eigenvalue weighted by atomic mass is 35.5. The van der Waals surface area contributed by atoms with Gasteiger partial charge in [0.25, 0.3) is 0 Å². The SMILES string of the molecule is COCc1cnc2n1-c1ccc(Cl)cc1C(c1ccccc1F)=N[C@H]2CCC(C)=O. The first-order chi connectivity index (χ1) is 14.5. The van der Waals surface area contributed by atoms with Gasteiger partial charge in [0.1, 0.15) is 23.5 Å². The number of hydrogen-bond donors (Lipinski definition) is 0. The lowest BCUT2D eigenvalue weighted by Crippen LogP contribution is -2.10. The molecule has 0 unspecified atom stereocenters. The van der Waals surface area contributed by atoms with Gasteiger partial charge in [-0.25, -0.2) is 9.37 Å². The van der Waals surface area contributed by atoms with Crippen LogP contribution in [0.15, 0.2) is 53.7 Å². The summed E-state index contributed by atoms with van der Waals surface area (Å²) in [7, 11) is 1.62. The number of ether oxygens (including phenoxy) is 1. The Labute approximate surface area is 179 Å². The number of carbonyl (C=O) groups excluding carboxylic acids is 1. The van der Waals surface area contributed by atoms with E-state index in [4.69, 9.17) is 21.3 Å². The van der Waals surface area contributed by atoms with E-state index in [0.717, 1.165) is 11.4 Å². The maximum atomic E-state index is 14.8. The van der Waals surface area contributed by atoms with E-state index in [-0.39, 0.29) is 11.6 Å². The molecule has 3 aromatic rings. The Morgan fingerprint density at radius 3 is 2.77 bits per heavy atom. The molecule has 154 valence electrons. The van der Waals surface area contributed by atoms with Crippen molar-refractivity contribution in [2.24, 2.45) is 4.99 Å². The van der Waals surface area contributed by atoms with E-state index in [1.54, 1.807) is 50.6 Å². The van der Waals surface area contributed by atoms with Crippen LogP contribution in [0.3, 0.4) is 0 Å². The fourth-order valence-electron chi connectivity index (χ4n) is 3.74. The average Bonchev–Trinajstić information content (AvgIpc) is 3.07. The molecule has 0 saturated carbocycles. The van der Waals surface area contributed by atoms with Crippen molar-refractivity contribution in [3.05, 3.63) is 82.1 Å². The van der Waals surface area contributed by atoms with Crippen LogP contribution in [0.4, 0.5) is 4.39 Å². The zero-order valence-electron chi connectivity index (χ0n) is 16.7. The second-order valence-corrected chi connectivity index (χ2v) is 7.69. The summed E-state index contributed by atoms with van der Waals surface area (Å²) in [6.45, 7) is 1.90. The van der Waals surface area contributed by atoms with Crippen LogP contribution in [0.5, 0.6) is 0 Å². The van der Waals surface area contributed by atoms with Crippen molar-refractivity contribution in [1.82, 2.24) is 9.55 Å². The van der Waals surface area contributed by atoms with Crippen LogP contribution >= 0.6 is 11.6 Å². The number of fused-ring (bicyclic) bond motifs is 3. The molecular weight excluding hydrogens is 405 g/mol. The van der Waals surface area contributed by atoms with Gasteiger partial charge in [0.2, 0.25) is 0 Å². The maximum absolute atomic E-state index is 14.8. The summed E-state index contributed by atoms with van der Waals surface area (Å²) in [5.74, 6) is 0.389. The number of nitrogens with zero attached hydrogens (tertiary/aromatic N) is 3. The quantitative estimate of drug-likeness (QED) is 0.553. The van der Waals surface area contributed by atoms with Gasteiger partial charge in [-0.2, -0.15) is 0 Å². The van der Waals surface area contributed by atoms with Gasteiger partial charge in [-0.05, 0) is 43.7 Å². The smallest absolute Gasteiger partial charge is 0.138 e. The third-order valence-electron chi connectivity index (χ3n) is 5.09. The Hall–Kier alpha value is -2.83. The number of imidazole rings is 1. The summed E-state index contributed by atoms with van der Waals surface area (Å²) in [5, 5.41) is 0.523. The Morgan fingerprint density at radius 1 is 1.23 bits per heavy atom. The van der Waals surface area contributed by atoms with Gasteiger partial charge in [-0.3, -0.25) is 9.56 Å². The van der Waals surface area contributed by atoms with Gasteiger partial charge in [0, 0.05) is 29.7 Å². The molecule has 2 aromatic carbocycles. The molecule has 0 saturated heterocycles. The van der Waals surface area contributed by atoms with E-state index in [1.165, 1.54) is 6.07 Å². The lowest BCUT2D eigenvalue weighted by molar-refractivity contribution is -0.117. The summed E-state index contributed by atoms with van der Waals surface area (Å²) in [6.07, 6.45) is 2.57. The molecule has 0 spiro atoms. The molecule has 1 aliphatic heterocycles. The van der Waals surface area contributed by atoms with Crippen molar-refractivity contribution in [2.45, 2.75) is 32.4 Å². The minimum atomic E-state index is -0.416. The number of Topliss-reactive ketones (excluding diaryl/α,β-unsaturated/α-hetero) is 1. The first-order valence-electron chi connectivity index (χ1n) is 9.67. The number of hydrogen-bond acceptors (Lipinski definition) is 4. The molecule has 0 bridgehead atoms. The maximum Gasteiger partial charge on any atom is 0.138 e. The Bertz CT molecular complexity index is 1140. The molecular formula is C23H21ClFN3O2. The summed E-state index contributed by atoms with van der Waals surface area (Å²) in [6, 6.07) is 11.6. The zero-order chi connectivity index (χ0) is 21.3. The number of rotatable bonds is 6. The molecule has 1 atom stereocenters. The normalized spacial score (nSPS) is 15.2. The minimum absolute atomic E-state index is 0.0673. The molecule has 4 rings (SSSR count). The molecule has 30 heavy (non-hydrogen) atoms. The lowest BCUT2D eigenvalue weighted by atomic mass is 9.99. The summed E-state index contributed by atoms with van der Waals surface area (Å²) < 4.78 is 22.1. The van der Waals surface area contributed by atoms with Crippen molar-refractivity contribution in [3.63, 3.8) is 0 Å². The van der Waals surface area contributed by atoms with Crippen LogP contribution in [0, 0.1) is 5.82 Å². The second kappa shape index (κ2) is 8.50. The molecule has 7 heteroatoms. The van der Waals surface area contributed by atoms with Crippen molar-refractivity contribution < 1.29 is 13.9 Å². The fraction of sp³-hybridized carbons (Fsp3) is 0.261. The van der Waals surface area contributed by atoms with E-state index < -0.39 is 6.04 Å². The number of carbonyl (C=O) groups is 1. The van der Waals surface area contributed by atoms with Gasteiger partial charge in [0.05, 0.1) is 29.9 Å². The zero-order valence-corrected chi connectivity index (χ0v) is 17.5. The molecule has 5 nitrogen and oxygen atoms in total. The predicted molar refractivity (Wildman–Crippen MR) is 114 cm³/mol. The van der Waals surface area contributed by atoms with Crippen LogP contribution in [0.1, 0.15) is 48.5 Å². The summed E-state index contributed by atoms with van der Waals surface area (Å²) in [5.41, 5.74) is 3.22. The number of benzene rings is 2. The number of ketones is 1. The van der Waals surface area contributed by atoms with Gasteiger partial charge in [-0.15, -0.1) is 0 Å². The standard InChI is InChI=1S/C23H21ClFN3O2/c1-14(29)7-9-20-23-26-12-16(13-30-2)28(23)21-10-8-15(24)11-18(21)22(27-20)17-5-3-4-6-19(17)25/h3-6,8,10-12,20H,7,9,13H2,1-2H3/t20-/m0/s1. The van der Waals surface area contributed by atoms with E-state index in [9.17, 15) is 9.18 Å². The van der Waals surface area contributed by atoms with Crippen molar-refractivity contribution in [3.8, 4) is 5.69 Å². The van der Waals surface area contributed by atoms with E-state index in [2.05, 4.69) is 4.98 Å². The van der Waals surface area contributed by atoms with Crippen molar-refractivity contribution >= 4 is 23.1 Å². The van der Waals surface area contributed by atoms with Gasteiger partial charge >= 0.3 is 0 Å². The summed E-state index contributed by atoms with van der Waals surface area (Å²) >= 11 is 6.32. The number of halogens is 2. The Balaban J connectivity index is 1.99. The first kappa shape index (κ1) is 20.4. The highest BCUT2D eigenvalue weighted by molar-refractivity contribution is 6.31. The topological polar surface area (TPSA) is 56.5 Å². The number of aromatic nitrogens is 2. The molecule has 0 aliphatic carbocycles.